The molecular formula is C11H13Cl2NO3. The molecule has 2 N–H and O–H groups in total. The van der Waals surface area contributed by atoms with E-state index in [-0.39, 0.29) is 19.1 Å². The number of carbonyl (C=O) groups is 1. The fourth-order valence-corrected chi connectivity index (χ4v) is 1.77. The molecule has 0 spiro atoms. The molecule has 0 heterocycles. The van der Waals surface area contributed by atoms with E-state index in [2.05, 4.69) is 5.32 Å². The maximum absolute atomic E-state index is 11.7. The zero-order valence-electron chi connectivity index (χ0n) is 9.24. The molecule has 1 unspecified atom stereocenters. The molecule has 4 nitrogen and oxygen atoms in total. The van der Waals surface area contributed by atoms with E-state index in [0.717, 1.165) is 0 Å². The molecule has 0 fully saturated rings. The number of aliphatic hydroxyl groups excluding tert-OH is 1. The number of amides is 1. The van der Waals surface area contributed by atoms with E-state index in [9.17, 15) is 9.90 Å². The summed E-state index contributed by atoms with van der Waals surface area (Å²) in [4.78, 5) is 11.7. The molecule has 1 atom stereocenters. The van der Waals surface area contributed by atoms with Crippen LogP contribution in [-0.4, -0.2) is 37.4 Å². The quantitative estimate of drug-likeness (QED) is 0.862. The Morgan fingerprint density at radius 1 is 1.41 bits per heavy atom. The second-order valence-corrected chi connectivity index (χ2v) is 4.35. The molecular weight excluding hydrogens is 265 g/mol. The summed E-state index contributed by atoms with van der Waals surface area (Å²) in [7, 11) is 1.47. The molecule has 0 saturated heterocycles. The largest absolute Gasteiger partial charge is 0.389 e. The Morgan fingerprint density at radius 3 is 2.53 bits per heavy atom. The van der Waals surface area contributed by atoms with Gasteiger partial charge in [-0.25, -0.2) is 0 Å². The molecule has 1 rings (SSSR count). The molecule has 0 bridgehead atoms. The van der Waals surface area contributed by atoms with Crippen molar-refractivity contribution in [3.63, 3.8) is 0 Å². The summed E-state index contributed by atoms with van der Waals surface area (Å²) in [5.74, 6) is -0.343. The lowest BCUT2D eigenvalue weighted by Gasteiger charge is -2.11. The van der Waals surface area contributed by atoms with Crippen LogP contribution < -0.4 is 5.32 Å². The number of benzene rings is 1. The van der Waals surface area contributed by atoms with E-state index >= 15 is 0 Å². The van der Waals surface area contributed by atoms with Crippen molar-refractivity contribution in [3.05, 3.63) is 33.8 Å². The summed E-state index contributed by atoms with van der Waals surface area (Å²) in [6.45, 7) is 0.271. The van der Waals surface area contributed by atoms with Crippen molar-refractivity contribution < 1.29 is 14.6 Å². The second kappa shape index (κ2) is 6.81. The summed E-state index contributed by atoms with van der Waals surface area (Å²) in [5.41, 5.74) is 0.354. The molecule has 94 valence electrons. The second-order valence-electron chi connectivity index (χ2n) is 3.48. The minimum Gasteiger partial charge on any atom is -0.389 e. The van der Waals surface area contributed by atoms with Crippen LogP contribution in [0.1, 0.15) is 10.4 Å². The fraction of sp³-hybridized carbons (Fsp3) is 0.364. The average molecular weight is 278 g/mol. The molecule has 1 aromatic rings. The van der Waals surface area contributed by atoms with E-state index in [1.54, 1.807) is 6.07 Å². The number of ether oxygens (including phenoxy) is 1. The van der Waals surface area contributed by atoms with Crippen LogP contribution in [0.4, 0.5) is 0 Å². The molecule has 6 heteroatoms. The van der Waals surface area contributed by atoms with Gasteiger partial charge >= 0.3 is 0 Å². The van der Waals surface area contributed by atoms with Gasteiger partial charge in [0.05, 0.1) is 12.7 Å². The monoisotopic (exact) mass is 277 g/mol. The summed E-state index contributed by atoms with van der Waals surface area (Å²) < 4.78 is 4.74. The Hall–Kier alpha value is -0.810. The smallest absolute Gasteiger partial charge is 0.251 e. The number of methoxy groups -OCH3 is 1. The Labute approximate surface area is 109 Å². The van der Waals surface area contributed by atoms with Crippen molar-refractivity contribution in [2.24, 2.45) is 0 Å². The SMILES string of the molecule is COCC(O)CNC(=O)c1cc(Cl)cc(Cl)c1. The minimum atomic E-state index is -0.737. The third-order valence-corrected chi connectivity index (χ3v) is 2.42. The Kier molecular flexibility index (Phi) is 5.71. The van der Waals surface area contributed by atoms with Gasteiger partial charge < -0.3 is 15.2 Å². The summed E-state index contributed by atoms with van der Waals surface area (Å²) in [5, 5.41) is 12.7. The third-order valence-electron chi connectivity index (χ3n) is 1.98. The standard InChI is InChI=1S/C11H13Cl2NO3/c1-17-6-10(15)5-14-11(16)7-2-8(12)4-9(13)3-7/h2-4,10,15H,5-6H2,1H3,(H,14,16). The van der Waals surface area contributed by atoms with Crippen LogP contribution >= 0.6 is 23.2 Å². The van der Waals surface area contributed by atoms with Gasteiger partial charge in [-0.2, -0.15) is 0 Å². The molecule has 17 heavy (non-hydrogen) atoms. The fourth-order valence-electron chi connectivity index (χ4n) is 1.25. The molecule has 0 aliphatic carbocycles. The highest BCUT2D eigenvalue weighted by Gasteiger charge is 2.10. The Bertz CT molecular complexity index is 378. The van der Waals surface area contributed by atoms with Crippen LogP contribution in [0, 0.1) is 0 Å². The molecule has 1 amide bonds. The van der Waals surface area contributed by atoms with Gasteiger partial charge in [-0.3, -0.25) is 4.79 Å². The van der Waals surface area contributed by atoms with E-state index in [1.807, 2.05) is 0 Å². The third kappa shape index (κ3) is 4.91. The highest BCUT2D eigenvalue weighted by atomic mass is 35.5. The first-order valence-corrected chi connectivity index (χ1v) is 5.70. The van der Waals surface area contributed by atoms with Gasteiger partial charge in [-0.1, -0.05) is 23.2 Å². The lowest BCUT2D eigenvalue weighted by atomic mass is 10.2. The van der Waals surface area contributed by atoms with Gasteiger partial charge in [0.25, 0.3) is 5.91 Å². The highest BCUT2D eigenvalue weighted by Crippen LogP contribution is 2.18. The maximum Gasteiger partial charge on any atom is 0.251 e. The van der Waals surface area contributed by atoms with E-state index in [4.69, 9.17) is 27.9 Å². The lowest BCUT2D eigenvalue weighted by molar-refractivity contribution is 0.0610. The number of carbonyl (C=O) groups excluding carboxylic acids is 1. The molecule has 0 saturated carbocycles. The van der Waals surface area contributed by atoms with Crippen LogP contribution in [0.3, 0.4) is 0 Å². The number of rotatable bonds is 5. The summed E-state index contributed by atoms with van der Waals surface area (Å²) in [6.07, 6.45) is -0.737. The lowest BCUT2D eigenvalue weighted by Crippen LogP contribution is -2.34. The Morgan fingerprint density at radius 2 is 2.00 bits per heavy atom. The van der Waals surface area contributed by atoms with Gasteiger partial charge in [-0.05, 0) is 18.2 Å². The van der Waals surface area contributed by atoms with Gasteiger partial charge in [0.2, 0.25) is 0 Å². The van der Waals surface area contributed by atoms with Gasteiger partial charge in [0, 0.05) is 29.3 Å². The van der Waals surface area contributed by atoms with E-state index in [0.29, 0.717) is 15.6 Å². The Balaban J connectivity index is 2.58. The first-order valence-electron chi connectivity index (χ1n) is 4.94. The average Bonchev–Trinajstić information content (AvgIpc) is 2.25. The first-order chi connectivity index (χ1) is 8.02. The van der Waals surface area contributed by atoms with Gasteiger partial charge in [0.15, 0.2) is 0 Å². The molecule has 0 aromatic heterocycles. The number of hydrogen-bond acceptors (Lipinski definition) is 3. The van der Waals surface area contributed by atoms with E-state index in [1.165, 1.54) is 19.2 Å². The number of nitrogens with one attached hydrogen (secondary N) is 1. The van der Waals surface area contributed by atoms with Crippen molar-refractivity contribution in [2.75, 3.05) is 20.3 Å². The van der Waals surface area contributed by atoms with Crippen molar-refractivity contribution >= 4 is 29.1 Å². The number of aliphatic hydroxyl groups is 1. The van der Waals surface area contributed by atoms with Gasteiger partial charge in [0.1, 0.15) is 0 Å². The summed E-state index contributed by atoms with van der Waals surface area (Å²) >= 11 is 11.5. The van der Waals surface area contributed by atoms with Crippen LogP contribution in [0.2, 0.25) is 10.0 Å². The predicted octanol–water partition coefficient (Wildman–Crippen LogP) is 1.73. The van der Waals surface area contributed by atoms with Crippen LogP contribution in [-0.2, 0) is 4.74 Å². The van der Waals surface area contributed by atoms with Crippen LogP contribution in [0.15, 0.2) is 18.2 Å². The summed E-state index contributed by atoms with van der Waals surface area (Å²) in [6, 6.07) is 4.55. The van der Waals surface area contributed by atoms with Gasteiger partial charge in [-0.15, -0.1) is 0 Å². The topological polar surface area (TPSA) is 58.6 Å². The molecule has 1 aromatic carbocycles. The molecule has 0 aliphatic rings. The highest BCUT2D eigenvalue weighted by molar-refractivity contribution is 6.35. The number of hydrogen-bond donors (Lipinski definition) is 2. The minimum absolute atomic E-state index is 0.108. The predicted molar refractivity (Wildman–Crippen MR) is 66.7 cm³/mol. The zero-order valence-corrected chi connectivity index (χ0v) is 10.8. The zero-order chi connectivity index (χ0) is 12.8. The van der Waals surface area contributed by atoms with Crippen molar-refractivity contribution in [1.82, 2.24) is 5.32 Å². The van der Waals surface area contributed by atoms with Crippen molar-refractivity contribution in [1.29, 1.82) is 0 Å². The molecule has 0 aliphatic heterocycles. The van der Waals surface area contributed by atoms with Crippen molar-refractivity contribution in [2.45, 2.75) is 6.10 Å². The molecule has 0 radical (unpaired) electrons. The normalized spacial score (nSPS) is 12.2. The van der Waals surface area contributed by atoms with Crippen molar-refractivity contribution in [3.8, 4) is 0 Å². The maximum atomic E-state index is 11.7. The first kappa shape index (κ1) is 14.3. The van der Waals surface area contributed by atoms with Crippen LogP contribution in [0.5, 0.6) is 0 Å². The van der Waals surface area contributed by atoms with Crippen LogP contribution in [0.25, 0.3) is 0 Å². The number of halogens is 2. The van der Waals surface area contributed by atoms with E-state index < -0.39 is 6.10 Å².